The van der Waals surface area contributed by atoms with Crippen LogP contribution in [0.25, 0.3) is 0 Å². The van der Waals surface area contributed by atoms with E-state index in [1.54, 1.807) is 30.3 Å². The Morgan fingerprint density at radius 3 is 2.38 bits per heavy atom. The van der Waals surface area contributed by atoms with Crippen molar-refractivity contribution in [3.63, 3.8) is 0 Å². The van der Waals surface area contributed by atoms with Crippen LogP contribution in [0.3, 0.4) is 0 Å². The lowest BCUT2D eigenvalue weighted by Gasteiger charge is -2.13. The number of aliphatic carboxylic acids is 1. The third kappa shape index (κ3) is 4.30. The maximum absolute atomic E-state index is 12.3. The number of sulfonamides is 1. The smallest absolute Gasteiger partial charge is 0.326 e. The summed E-state index contributed by atoms with van der Waals surface area (Å²) in [7, 11) is -1.04. The molecule has 140 valence electrons. The van der Waals surface area contributed by atoms with Crippen molar-refractivity contribution in [1.29, 1.82) is 0 Å². The molecule has 0 aliphatic heterocycles. The first-order valence-corrected chi connectivity index (χ1v) is 9.17. The van der Waals surface area contributed by atoms with E-state index in [0.717, 1.165) is 15.9 Å². The molecule has 2 N–H and O–H groups in total. The second-order valence-corrected chi connectivity index (χ2v) is 7.99. The van der Waals surface area contributed by atoms with Gasteiger partial charge in [-0.1, -0.05) is 30.3 Å². The zero-order chi connectivity index (χ0) is 19.5. The average molecular weight is 380 g/mol. The summed E-state index contributed by atoms with van der Waals surface area (Å²) in [5.41, 5.74) is 0.742. The second kappa shape index (κ2) is 7.71. The second-order valence-electron chi connectivity index (χ2n) is 5.87. The number of carbonyl (C=O) groups excluding carboxylic acids is 1. The first-order valence-electron chi connectivity index (χ1n) is 7.73. The number of rotatable bonds is 7. The van der Waals surface area contributed by atoms with Gasteiger partial charge < -0.3 is 14.8 Å². The normalized spacial score (nSPS) is 12.8. The minimum absolute atomic E-state index is 0.0544. The van der Waals surface area contributed by atoms with E-state index in [4.69, 9.17) is 4.42 Å². The lowest BCUT2D eigenvalue weighted by Crippen LogP contribution is -2.42. The third-order valence-electron chi connectivity index (χ3n) is 3.74. The molecule has 9 heteroatoms. The molecule has 1 aromatic heterocycles. The largest absolute Gasteiger partial charge is 0.480 e. The molecule has 1 aromatic carbocycles. The average Bonchev–Trinajstić information content (AvgIpc) is 2.97. The molecule has 0 radical (unpaired) electrons. The number of hydrogen-bond donors (Lipinski definition) is 2. The molecule has 26 heavy (non-hydrogen) atoms. The molecular weight excluding hydrogens is 360 g/mol. The molecule has 0 bridgehead atoms. The van der Waals surface area contributed by atoms with Gasteiger partial charge in [-0.15, -0.1) is 0 Å². The molecule has 1 amide bonds. The van der Waals surface area contributed by atoms with Gasteiger partial charge in [-0.05, 0) is 12.5 Å². The van der Waals surface area contributed by atoms with Gasteiger partial charge in [0, 0.05) is 26.6 Å². The molecule has 0 spiro atoms. The predicted octanol–water partition coefficient (Wildman–Crippen LogP) is 1.26. The van der Waals surface area contributed by atoms with E-state index in [-0.39, 0.29) is 22.8 Å². The SMILES string of the molecule is Cc1oc(C(=O)N[C@@H](Cc2ccccc2)C(=O)O)cc1S(=O)(=O)N(C)C. The topological polar surface area (TPSA) is 117 Å². The van der Waals surface area contributed by atoms with Crippen molar-refractivity contribution in [3.05, 3.63) is 53.5 Å². The van der Waals surface area contributed by atoms with Crippen LogP contribution in [0.2, 0.25) is 0 Å². The zero-order valence-electron chi connectivity index (χ0n) is 14.6. The summed E-state index contributed by atoms with van der Waals surface area (Å²) in [5, 5.41) is 11.7. The van der Waals surface area contributed by atoms with E-state index in [1.807, 2.05) is 0 Å². The maximum Gasteiger partial charge on any atom is 0.326 e. The highest BCUT2D eigenvalue weighted by atomic mass is 32.2. The number of aryl methyl sites for hydroxylation is 1. The Kier molecular flexibility index (Phi) is 5.83. The van der Waals surface area contributed by atoms with Crippen molar-refractivity contribution in [2.45, 2.75) is 24.3 Å². The predicted molar refractivity (Wildman–Crippen MR) is 93.4 cm³/mol. The summed E-state index contributed by atoms with van der Waals surface area (Å²) in [6.07, 6.45) is 0.0878. The van der Waals surface area contributed by atoms with Gasteiger partial charge in [-0.3, -0.25) is 4.79 Å². The maximum atomic E-state index is 12.3. The Hall–Kier alpha value is -2.65. The van der Waals surface area contributed by atoms with E-state index >= 15 is 0 Å². The monoisotopic (exact) mass is 380 g/mol. The highest BCUT2D eigenvalue weighted by Gasteiger charge is 2.28. The molecule has 1 atom stereocenters. The van der Waals surface area contributed by atoms with Gasteiger partial charge in [0.1, 0.15) is 16.7 Å². The van der Waals surface area contributed by atoms with Crippen molar-refractivity contribution in [2.75, 3.05) is 14.1 Å². The van der Waals surface area contributed by atoms with Gasteiger partial charge in [-0.25, -0.2) is 17.5 Å². The lowest BCUT2D eigenvalue weighted by atomic mass is 10.1. The van der Waals surface area contributed by atoms with E-state index < -0.39 is 27.9 Å². The van der Waals surface area contributed by atoms with E-state index in [0.29, 0.717) is 0 Å². The molecular formula is C17H20N2O6S. The Morgan fingerprint density at radius 2 is 1.85 bits per heavy atom. The summed E-state index contributed by atoms with van der Waals surface area (Å²) in [6, 6.07) is 8.76. The van der Waals surface area contributed by atoms with Crippen LogP contribution in [0.5, 0.6) is 0 Å². The van der Waals surface area contributed by atoms with E-state index in [9.17, 15) is 23.1 Å². The van der Waals surface area contributed by atoms with Crippen LogP contribution in [0, 0.1) is 6.92 Å². The summed E-state index contributed by atoms with van der Waals surface area (Å²) in [4.78, 5) is 23.6. The first-order chi connectivity index (χ1) is 12.1. The number of carboxylic acid groups (broad SMARTS) is 1. The summed E-state index contributed by atoms with van der Waals surface area (Å²) in [5.74, 6) is -2.20. The van der Waals surface area contributed by atoms with Crippen molar-refractivity contribution >= 4 is 21.9 Å². The van der Waals surface area contributed by atoms with Crippen molar-refractivity contribution < 1.29 is 27.5 Å². The van der Waals surface area contributed by atoms with Gasteiger partial charge in [0.15, 0.2) is 5.76 Å². The summed E-state index contributed by atoms with van der Waals surface area (Å²) >= 11 is 0. The Morgan fingerprint density at radius 1 is 1.23 bits per heavy atom. The molecule has 2 aromatic rings. The first kappa shape index (κ1) is 19.7. The summed E-state index contributed by atoms with van der Waals surface area (Å²) in [6.45, 7) is 1.42. The number of carbonyl (C=O) groups is 2. The van der Waals surface area contributed by atoms with Gasteiger partial charge in [-0.2, -0.15) is 0 Å². The van der Waals surface area contributed by atoms with Crippen LogP contribution < -0.4 is 5.32 Å². The molecule has 0 saturated heterocycles. The van der Waals surface area contributed by atoms with Crippen molar-refractivity contribution in [1.82, 2.24) is 9.62 Å². The Labute approximate surface area is 151 Å². The molecule has 0 saturated carbocycles. The van der Waals surface area contributed by atoms with Crippen LogP contribution >= 0.6 is 0 Å². The number of amides is 1. The van der Waals surface area contributed by atoms with Crippen LogP contribution in [-0.2, 0) is 21.2 Å². The quantitative estimate of drug-likeness (QED) is 0.747. The van der Waals surface area contributed by atoms with E-state index in [2.05, 4.69) is 5.32 Å². The van der Waals surface area contributed by atoms with Crippen LogP contribution in [0.4, 0.5) is 0 Å². The van der Waals surface area contributed by atoms with Gasteiger partial charge in [0.2, 0.25) is 10.0 Å². The lowest BCUT2D eigenvalue weighted by molar-refractivity contribution is -0.139. The number of carboxylic acids is 1. The molecule has 0 fully saturated rings. The number of hydrogen-bond acceptors (Lipinski definition) is 5. The van der Waals surface area contributed by atoms with Gasteiger partial charge in [0.25, 0.3) is 5.91 Å². The molecule has 2 rings (SSSR count). The minimum atomic E-state index is -3.77. The van der Waals surface area contributed by atoms with E-state index in [1.165, 1.54) is 21.0 Å². The molecule has 1 heterocycles. The van der Waals surface area contributed by atoms with Crippen LogP contribution in [0.1, 0.15) is 21.9 Å². The number of benzene rings is 1. The van der Waals surface area contributed by atoms with Gasteiger partial charge >= 0.3 is 5.97 Å². The Balaban J connectivity index is 2.21. The Bertz CT molecular complexity index is 903. The van der Waals surface area contributed by atoms with Crippen LogP contribution in [-0.4, -0.2) is 49.8 Å². The van der Waals surface area contributed by atoms with Crippen molar-refractivity contribution in [3.8, 4) is 0 Å². The van der Waals surface area contributed by atoms with Crippen molar-refractivity contribution in [2.24, 2.45) is 0 Å². The number of nitrogens with one attached hydrogen (secondary N) is 1. The number of nitrogens with zero attached hydrogens (tertiary/aromatic N) is 1. The standard InChI is InChI=1S/C17H20N2O6S/c1-11-15(26(23,24)19(2)3)10-14(25-11)16(20)18-13(17(21)22)9-12-7-5-4-6-8-12/h4-8,10,13H,9H2,1-3H3,(H,18,20)(H,21,22)/t13-/m0/s1. The highest BCUT2D eigenvalue weighted by Crippen LogP contribution is 2.22. The molecule has 0 aliphatic rings. The molecule has 0 aliphatic carbocycles. The zero-order valence-corrected chi connectivity index (χ0v) is 15.4. The highest BCUT2D eigenvalue weighted by molar-refractivity contribution is 7.89. The fraction of sp³-hybridized carbons (Fsp3) is 0.294. The molecule has 0 unspecified atom stereocenters. The molecule has 8 nitrogen and oxygen atoms in total. The minimum Gasteiger partial charge on any atom is -0.480 e. The fourth-order valence-corrected chi connectivity index (χ4v) is 3.36. The third-order valence-corrected chi connectivity index (χ3v) is 5.66. The van der Waals surface area contributed by atoms with Gasteiger partial charge in [0.05, 0.1) is 0 Å². The summed E-state index contributed by atoms with van der Waals surface area (Å²) < 4.78 is 30.6. The van der Waals surface area contributed by atoms with Crippen LogP contribution in [0.15, 0.2) is 45.7 Å². The number of furan rings is 1. The fourth-order valence-electron chi connectivity index (χ4n) is 2.31.